The highest BCUT2D eigenvalue weighted by Crippen LogP contribution is 2.25. The van der Waals surface area contributed by atoms with E-state index in [1.54, 1.807) is 60.7 Å². The summed E-state index contributed by atoms with van der Waals surface area (Å²) < 4.78 is 28.7. The Balaban J connectivity index is 1.70. The quantitative estimate of drug-likeness (QED) is 0.734. The fourth-order valence-electron chi connectivity index (χ4n) is 3.18. The second-order valence-electron chi connectivity index (χ2n) is 6.58. The summed E-state index contributed by atoms with van der Waals surface area (Å²) in [5.74, 6) is -1.59. The number of hydrogen-bond donors (Lipinski definition) is 1. The highest BCUT2D eigenvalue weighted by Gasteiger charge is 2.36. The molecule has 0 spiro atoms. The topological polar surface area (TPSA) is 101 Å². The van der Waals surface area contributed by atoms with Gasteiger partial charge < -0.3 is 14.7 Å². The first-order chi connectivity index (χ1) is 13.4. The molecule has 1 amide bonds. The molecule has 1 fully saturated rings. The lowest BCUT2D eigenvalue weighted by molar-refractivity contribution is -0.156. The maximum absolute atomic E-state index is 12.8. The highest BCUT2D eigenvalue weighted by molar-refractivity contribution is 7.91. The van der Waals surface area contributed by atoms with Gasteiger partial charge in [0, 0.05) is 5.69 Å². The largest absolute Gasteiger partial charge is 0.453 e. The third-order valence-corrected chi connectivity index (χ3v) is 6.30. The van der Waals surface area contributed by atoms with Gasteiger partial charge in [0.15, 0.2) is 22.5 Å². The Kier molecular flexibility index (Phi) is 6.11. The van der Waals surface area contributed by atoms with Crippen LogP contribution in [0.1, 0.15) is 18.1 Å². The van der Waals surface area contributed by atoms with Gasteiger partial charge in [0.05, 0.1) is 17.5 Å². The summed E-state index contributed by atoms with van der Waals surface area (Å²) >= 11 is 0. The van der Waals surface area contributed by atoms with Crippen LogP contribution in [0.2, 0.25) is 0 Å². The van der Waals surface area contributed by atoms with E-state index in [9.17, 15) is 23.1 Å². The Hall–Kier alpha value is -2.71. The van der Waals surface area contributed by atoms with E-state index in [1.807, 2.05) is 0 Å². The number of esters is 1. The van der Waals surface area contributed by atoms with Gasteiger partial charge in [0.25, 0.3) is 5.91 Å². The lowest BCUT2D eigenvalue weighted by Crippen LogP contribution is -2.43. The SMILES string of the molecule is O=C(OCC(=O)N(c1ccccc1)[C@@H]1CCS(=O)(=O)C1)[C@@H](O)c1ccccc1. The van der Waals surface area contributed by atoms with Gasteiger partial charge in [0.2, 0.25) is 0 Å². The van der Waals surface area contributed by atoms with Crippen LogP contribution in [0, 0.1) is 0 Å². The number of carbonyl (C=O) groups excluding carboxylic acids is 2. The van der Waals surface area contributed by atoms with Crippen LogP contribution in [-0.4, -0.2) is 49.6 Å². The summed E-state index contributed by atoms with van der Waals surface area (Å²) in [5, 5.41) is 10.1. The fraction of sp³-hybridized carbons (Fsp3) is 0.300. The smallest absolute Gasteiger partial charge is 0.340 e. The van der Waals surface area contributed by atoms with Crippen LogP contribution in [0.4, 0.5) is 5.69 Å². The van der Waals surface area contributed by atoms with Crippen molar-refractivity contribution in [3.63, 3.8) is 0 Å². The Bertz CT molecular complexity index is 930. The van der Waals surface area contributed by atoms with Gasteiger partial charge in [-0.1, -0.05) is 48.5 Å². The number of rotatable bonds is 6. The lowest BCUT2D eigenvalue weighted by atomic mass is 10.1. The van der Waals surface area contributed by atoms with Crippen LogP contribution in [0.25, 0.3) is 0 Å². The lowest BCUT2D eigenvalue weighted by Gasteiger charge is -2.28. The zero-order chi connectivity index (χ0) is 20.1. The number of ether oxygens (including phenoxy) is 1. The number of amides is 1. The summed E-state index contributed by atoms with van der Waals surface area (Å²) in [6.45, 7) is -0.589. The van der Waals surface area contributed by atoms with Crippen molar-refractivity contribution < 1.29 is 27.9 Å². The van der Waals surface area contributed by atoms with Gasteiger partial charge in [-0.05, 0) is 24.1 Å². The Morgan fingerprint density at radius 3 is 2.25 bits per heavy atom. The third-order valence-electron chi connectivity index (χ3n) is 4.55. The molecule has 2 atom stereocenters. The fourth-order valence-corrected chi connectivity index (χ4v) is 4.88. The summed E-state index contributed by atoms with van der Waals surface area (Å²) in [4.78, 5) is 26.2. The number of anilines is 1. The van der Waals surface area contributed by atoms with Crippen LogP contribution >= 0.6 is 0 Å². The molecule has 1 saturated heterocycles. The summed E-state index contributed by atoms with van der Waals surface area (Å²) in [6, 6.07) is 16.4. The maximum Gasteiger partial charge on any atom is 0.340 e. The minimum atomic E-state index is -3.20. The Morgan fingerprint density at radius 2 is 1.68 bits per heavy atom. The molecule has 0 radical (unpaired) electrons. The summed E-state index contributed by atoms with van der Waals surface area (Å²) in [7, 11) is -3.20. The van der Waals surface area contributed by atoms with E-state index in [1.165, 1.54) is 4.90 Å². The molecule has 1 N–H and O–H groups in total. The molecule has 148 valence electrons. The number of benzene rings is 2. The molecule has 28 heavy (non-hydrogen) atoms. The van der Waals surface area contributed by atoms with Crippen molar-refractivity contribution in [3.8, 4) is 0 Å². The molecule has 1 aliphatic heterocycles. The van der Waals surface area contributed by atoms with Crippen LogP contribution in [-0.2, 0) is 24.2 Å². The van der Waals surface area contributed by atoms with Gasteiger partial charge in [-0.15, -0.1) is 0 Å². The van der Waals surface area contributed by atoms with Gasteiger partial charge in [0.1, 0.15) is 0 Å². The van der Waals surface area contributed by atoms with Crippen molar-refractivity contribution in [1.29, 1.82) is 0 Å². The van der Waals surface area contributed by atoms with E-state index < -0.39 is 40.5 Å². The third kappa shape index (κ3) is 4.76. The predicted molar refractivity (Wildman–Crippen MR) is 103 cm³/mol. The molecule has 2 aromatic carbocycles. The number of sulfone groups is 1. The van der Waals surface area contributed by atoms with E-state index >= 15 is 0 Å². The standard InChI is InChI=1S/C20H21NO6S/c22-18(13-27-20(24)19(23)15-7-3-1-4-8-15)21(16-9-5-2-6-10-16)17-11-12-28(25,26)14-17/h1-10,17,19,23H,11-14H2/t17-,19+/m1/s1. The molecule has 0 aliphatic carbocycles. The van der Waals surface area contributed by atoms with Gasteiger partial charge in [-0.3, -0.25) is 4.79 Å². The maximum atomic E-state index is 12.8. The molecular formula is C20H21NO6S. The summed E-state index contributed by atoms with van der Waals surface area (Å²) in [6.07, 6.45) is -1.17. The molecule has 0 saturated carbocycles. The molecule has 0 unspecified atom stereocenters. The van der Waals surface area contributed by atoms with Crippen molar-refractivity contribution in [2.45, 2.75) is 18.6 Å². The zero-order valence-electron chi connectivity index (χ0n) is 15.1. The first-order valence-electron chi connectivity index (χ1n) is 8.84. The normalized spacial score (nSPS) is 19.0. The van der Waals surface area contributed by atoms with E-state index in [0.717, 1.165) is 0 Å². The van der Waals surface area contributed by atoms with Crippen molar-refractivity contribution in [1.82, 2.24) is 0 Å². The second-order valence-corrected chi connectivity index (χ2v) is 8.81. The number of nitrogens with zero attached hydrogens (tertiary/aromatic N) is 1. The van der Waals surface area contributed by atoms with E-state index in [2.05, 4.69) is 0 Å². The average Bonchev–Trinajstić information content (AvgIpc) is 3.06. The van der Waals surface area contributed by atoms with E-state index in [0.29, 0.717) is 17.7 Å². The van der Waals surface area contributed by atoms with Crippen LogP contribution in [0.15, 0.2) is 60.7 Å². The van der Waals surface area contributed by atoms with Crippen molar-refractivity contribution in [2.75, 3.05) is 23.0 Å². The van der Waals surface area contributed by atoms with Gasteiger partial charge >= 0.3 is 5.97 Å². The van der Waals surface area contributed by atoms with Crippen LogP contribution < -0.4 is 4.90 Å². The van der Waals surface area contributed by atoms with Crippen molar-refractivity contribution >= 4 is 27.4 Å². The molecule has 3 rings (SSSR count). The average molecular weight is 403 g/mol. The molecule has 7 nitrogen and oxygen atoms in total. The van der Waals surface area contributed by atoms with Crippen molar-refractivity contribution in [3.05, 3.63) is 66.2 Å². The number of para-hydroxylation sites is 1. The molecule has 8 heteroatoms. The molecule has 1 aliphatic rings. The highest BCUT2D eigenvalue weighted by atomic mass is 32.2. The van der Waals surface area contributed by atoms with Crippen molar-refractivity contribution in [2.24, 2.45) is 0 Å². The second kappa shape index (κ2) is 8.53. The van der Waals surface area contributed by atoms with E-state index in [4.69, 9.17) is 4.74 Å². The van der Waals surface area contributed by atoms with Gasteiger partial charge in [-0.2, -0.15) is 0 Å². The Morgan fingerprint density at radius 1 is 1.07 bits per heavy atom. The number of hydrogen-bond acceptors (Lipinski definition) is 6. The minimum absolute atomic E-state index is 0.0147. The molecule has 1 heterocycles. The molecule has 0 bridgehead atoms. The summed E-state index contributed by atoms with van der Waals surface area (Å²) in [5.41, 5.74) is 0.899. The first kappa shape index (κ1) is 20.0. The van der Waals surface area contributed by atoms with Gasteiger partial charge in [-0.25, -0.2) is 13.2 Å². The van der Waals surface area contributed by atoms with Crippen LogP contribution in [0.5, 0.6) is 0 Å². The molecular weight excluding hydrogens is 382 g/mol. The first-order valence-corrected chi connectivity index (χ1v) is 10.7. The molecule has 2 aromatic rings. The predicted octanol–water partition coefficient (Wildman–Crippen LogP) is 1.48. The minimum Gasteiger partial charge on any atom is -0.453 e. The monoisotopic (exact) mass is 403 g/mol. The zero-order valence-corrected chi connectivity index (χ0v) is 15.9. The molecule has 0 aromatic heterocycles. The number of aliphatic hydroxyl groups excluding tert-OH is 1. The number of carbonyl (C=O) groups is 2. The van der Waals surface area contributed by atoms with Crippen LogP contribution in [0.3, 0.4) is 0 Å². The Labute approximate surface area is 163 Å². The number of aliphatic hydroxyl groups is 1. The van der Waals surface area contributed by atoms with E-state index in [-0.39, 0.29) is 11.5 Å².